The molecule has 2 N–H and O–H groups in total. The average Bonchev–Trinajstić information content (AvgIpc) is 2.73. The predicted molar refractivity (Wildman–Crippen MR) is 111 cm³/mol. The number of phenolic OH excluding ortho intramolecular Hbond substituents is 2. The SMILES string of the molecule is Oc1ccc2ccc(O)c3c2c1[C@H](C1CCCCC1)C[C@H]3C1CCCCC1. The topological polar surface area (TPSA) is 40.5 Å². The highest BCUT2D eigenvalue weighted by Gasteiger charge is 2.40. The van der Waals surface area contributed by atoms with Crippen molar-refractivity contribution in [2.24, 2.45) is 11.8 Å². The number of rotatable bonds is 2. The van der Waals surface area contributed by atoms with Crippen LogP contribution >= 0.6 is 0 Å². The maximum atomic E-state index is 10.9. The third-order valence-corrected chi connectivity index (χ3v) is 7.91. The molecule has 2 aromatic rings. The van der Waals surface area contributed by atoms with Gasteiger partial charge in [-0.3, -0.25) is 0 Å². The molecule has 0 saturated heterocycles. The average molecular weight is 365 g/mol. The largest absolute Gasteiger partial charge is 0.508 e. The summed E-state index contributed by atoms with van der Waals surface area (Å²) in [5, 5.41) is 24.1. The van der Waals surface area contributed by atoms with E-state index in [1.54, 1.807) is 0 Å². The Labute approximate surface area is 162 Å². The fourth-order valence-electron chi connectivity index (χ4n) is 6.64. The van der Waals surface area contributed by atoms with Gasteiger partial charge in [0.2, 0.25) is 0 Å². The third-order valence-electron chi connectivity index (χ3n) is 7.91. The molecule has 0 aliphatic heterocycles. The lowest BCUT2D eigenvalue weighted by Crippen LogP contribution is -2.27. The number of hydrogen-bond donors (Lipinski definition) is 2. The van der Waals surface area contributed by atoms with Crippen LogP contribution in [0.1, 0.15) is 93.6 Å². The predicted octanol–water partition coefficient (Wildman–Crippen LogP) is 6.98. The molecule has 2 atom stereocenters. The summed E-state index contributed by atoms with van der Waals surface area (Å²) in [6, 6.07) is 7.85. The maximum absolute atomic E-state index is 10.9. The second-order valence-electron chi connectivity index (χ2n) is 9.34. The van der Waals surface area contributed by atoms with Gasteiger partial charge in [0.15, 0.2) is 0 Å². The second kappa shape index (κ2) is 7.04. The molecule has 0 spiro atoms. The first kappa shape index (κ1) is 17.4. The normalized spacial score (nSPS) is 27.1. The molecule has 2 nitrogen and oxygen atoms in total. The molecule has 0 bridgehead atoms. The minimum atomic E-state index is 0.451. The minimum absolute atomic E-state index is 0.451. The first-order valence-electron chi connectivity index (χ1n) is 11.2. The summed E-state index contributed by atoms with van der Waals surface area (Å²) in [6.07, 6.45) is 14.4. The first-order chi connectivity index (χ1) is 13.2. The van der Waals surface area contributed by atoms with Crippen molar-refractivity contribution >= 4 is 10.8 Å². The molecule has 2 aromatic carbocycles. The molecule has 0 unspecified atom stereocenters. The first-order valence-corrected chi connectivity index (χ1v) is 11.2. The molecule has 0 heterocycles. The molecule has 2 heteroatoms. The Bertz CT molecular complexity index is 763. The second-order valence-corrected chi connectivity index (χ2v) is 9.34. The van der Waals surface area contributed by atoms with Crippen LogP contribution in [-0.2, 0) is 0 Å². The Hall–Kier alpha value is -1.70. The Morgan fingerprint density at radius 1 is 0.593 bits per heavy atom. The summed E-state index contributed by atoms with van der Waals surface area (Å²) >= 11 is 0. The van der Waals surface area contributed by atoms with Gasteiger partial charge in [-0.1, -0.05) is 50.7 Å². The molecule has 0 aromatic heterocycles. The van der Waals surface area contributed by atoms with Crippen LogP contribution in [0.5, 0.6) is 11.5 Å². The molecule has 5 rings (SSSR count). The quantitative estimate of drug-likeness (QED) is 0.603. The van der Waals surface area contributed by atoms with E-state index in [1.165, 1.54) is 75.0 Å². The van der Waals surface area contributed by atoms with Crippen LogP contribution < -0.4 is 0 Å². The molecule has 3 aliphatic rings. The Kier molecular flexibility index (Phi) is 4.53. The van der Waals surface area contributed by atoms with Crippen LogP contribution in [-0.4, -0.2) is 10.2 Å². The van der Waals surface area contributed by atoms with E-state index in [1.807, 2.05) is 24.3 Å². The highest BCUT2D eigenvalue weighted by Crippen LogP contribution is 2.57. The van der Waals surface area contributed by atoms with E-state index in [0.29, 0.717) is 35.2 Å². The van der Waals surface area contributed by atoms with Gasteiger partial charge in [-0.25, -0.2) is 0 Å². The van der Waals surface area contributed by atoms with Crippen molar-refractivity contribution in [1.82, 2.24) is 0 Å². The zero-order valence-corrected chi connectivity index (χ0v) is 16.3. The van der Waals surface area contributed by atoms with Crippen LogP contribution in [0, 0.1) is 11.8 Å². The molecule has 0 amide bonds. The standard InChI is InChI=1S/C25H32O2/c26-21-13-11-18-12-14-22(27)25-20(17-9-5-2-6-10-17)15-19(24(21)23(18)25)16-7-3-1-4-8-16/h11-14,16-17,19-20,26-27H,1-10,15H2/t19-,20-/m0/s1. The molecule has 27 heavy (non-hydrogen) atoms. The van der Waals surface area contributed by atoms with Crippen molar-refractivity contribution in [3.63, 3.8) is 0 Å². The summed E-state index contributed by atoms with van der Waals surface area (Å²) in [7, 11) is 0. The van der Waals surface area contributed by atoms with Crippen LogP contribution in [0.3, 0.4) is 0 Å². The van der Waals surface area contributed by atoms with Crippen molar-refractivity contribution in [2.45, 2.75) is 82.5 Å². The maximum Gasteiger partial charge on any atom is 0.119 e. The van der Waals surface area contributed by atoms with Gasteiger partial charge < -0.3 is 10.2 Å². The molecular formula is C25H32O2. The third kappa shape index (κ3) is 2.92. The number of benzene rings is 2. The number of aromatic hydroxyl groups is 2. The fraction of sp³-hybridized carbons (Fsp3) is 0.600. The van der Waals surface area contributed by atoms with Crippen LogP contribution in [0.2, 0.25) is 0 Å². The summed E-state index contributed by atoms with van der Waals surface area (Å²) in [5.41, 5.74) is 2.30. The Balaban J connectivity index is 1.69. The van der Waals surface area contributed by atoms with Gasteiger partial charge in [-0.05, 0) is 78.7 Å². The van der Waals surface area contributed by atoms with Gasteiger partial charge >= 0.3 is 0 Å². The summed E-state index contributed by atoms with van der Waals surface area (Å²) in [4.78, 5) is 0. The van der Waals surface area contributed by atoms with Crippen molar-refractivity contribution < 1.29 is 10.2 Å². The van der Waals surface area contributed by atoms with Crippen molar-refractivity contribution in [2.75, 3.05) is 0 Å². The Morgan fingerprint density at radius 2 is 1.04 bits per heavy atom. The van der Waals surface area contributed by atoms with Gasteiger partial charge in [-0.2, -0.15) is 0 Å². The van der Waals surface area contributed by atoms with Gasteiger partial charge in [-0.15, -0.1) is 0 Å². The fourth-order valence-corrected chi connectivity index (χ4v) is 6.64. The van der Waals surface area contributed by atoms with Crippen LogP contribution in [0.4, 0.5) is 0 Å². The lowest BCUT2D eigenvalue weighted by molar-refractivity contribution is 0.229. The zero-order valence-electron chi connectivity index (χ0n) is 16.3. The molecular weight excluding hydrogens is 332 g/mol. The van der Waals surface area contributed by atoms with Gasteiger partial charge in [0, 0.05) is 11.1 Å². The van der Waals surface area contributed by atoms with Gasteiger partial charge in [0.05, 0.1) is 0 Å². The van der Waals surface area contributed by atoms with Crippen molar-refractivity contribution in [1.29, 1.82) is 0 Å². The van der Waals surface area contributed by atoms with Gasteiger partial charge in [0.1, 0.15) is 11.5 Å². The van der Waals surface area contributed by atoms with E-state index >= 15 is 0 Å². The molecule has 2 saturated carbocycles. The monoisotopic (exact) mass is 364 g/mol. The van der Waals surface area contributed by atoms with Crippen LogP contribution in [0.25, 0.3) is 10.8 Å². The molecule has 2 fully saturated rings. The van der Waals surface area contributed by atoms with E-state index in [-0.39, 0.29) is 0 Å². The van der Waals surface area contributed by atoms with Crippen molar-refractivity contribution in [3.8, 4) is 11.5 Å². The van der Waals surface area contributed by atoms with E-state index in [0.717, 1.165) is 17.5 Å². The molecule has 144 valence electrons. The molecule has 0 radical (unpaired) electrons. The summed E-state index contributed by atoms with van der Waals surface area (Å²) < 4.78 is 0. The van der Waals surface area contributed by atoms with E-state index < -0.39 is 0 Å². The van der Waals surface area contributed by atoms with Crippen molar-refractivity contribution in [3.05, 3.63) is 35.4 Å². The minimum Gasteiger partial charge on any atom is -0.508 e. The highest BCUT2D eigenvalue weighted by molar-refractivity contribution is 5.94. The van der Waals surface area contributed by atoms with E-state index in [9.17, 15) is 10.2 Å². The number of hydrogen-bond acceptors (Lipinski definition) is 2. The summed E-state index contributed by atoms with van der Waals surface area (Å²) in [6.45, 7) is 0. The Morgan fingerprint density at radius 3 is 1.48 bits per heavy atom. The highest BCUT2D eigenvalue weighted by atomic mass is 16.3. The molecule has 3 aliphatic carbocycles. The lowest BCUT2D eigenvalue weighted by atomic mass is 9.62. The number of phenols is 2. The lowest BCUT2D eigenvalue weighted by Gasteiger charge is -2.42. The van der Waals surface area contributed by atoms with E-state index in [2.05, 4.69) is 0 Å². The zero-order chi connectivity index (χ0) is 18.4. The van der Waals surface area contributed by atoms with E-state index in [4.69, 9.17) is 0 Å². The summed E-state index contributed by atoms with van der Waals surface area (Å²) in [5.74, 6) is 3.19. The smallest absolute Gasteiger partial charge is 0.119 e. The van der Waals surface area contributed by atoms with Crippen LogP contribution in [0.15, 0.2) is 24.3 Å². The van der Waals surface area contributed by atoms with Gasteiger partial charge in [0.25, 0.3) is 0 Å².